The van der Waals surface area contributed by atoms with Crippen molar-refractivity contribution in [3.8, 4) is 17.0 Å². The minimum atomic E-state index is -0.308. The molecule has 1 aliphatic rings. The Morgan fingerprint density at radius 1 is 1.44 bits per heavy atom. The highest BCUT2D eigenvalue weighted by molar-refractivity contribution is 5.67. The van der Waals surface area contributed by atoms with Crippen LogP contribution in [0.1, 0.15) is 5.82 Å². The van der Waals surface area contributed by atoms with Crippen LogP contribution in [0.25, 0.3) is 11.3 Å². The molecule has 0 atom stereocenters. The maximum atomic E-state index is 13.9. The van der Waals surface area contributed by atoms with E-state index in [9.17, 15) is 4.39 Å². The molecule has 0 saturated carbocycles. The summed E-state index contributed by atoms with van der Waals surface area (Å²) in [4.78, 5) is 4.47. The zero-order chi connectivity index (χ0) is 12.5. The number of aromatic nitrogens is 2. The van der Waals surface area contributed by atoms with E-state index in [4.69, 9.17) is 4.74 Å². The predicted molar refractivity (Wildman–Crippen MR) is 65.9 cm³/mol. The molecule has 1 aromatic carbocycles. The normalized spacial score (nSPS) is 14.3. The van der Waals surface area contributed by atoms with Gasteiger partial charge in [-0.1, -0.05) is 6.07 Å². The van der Waals surface area contributed by atoms with Crippen molar-refractivity contribution in [3.63, 3.8) is 0 Å². The molecule has 2 heterocycles. The molecule has 94 valence electrons. The van der Waals surface area contributed by atoms with E-state index in [0.717, 1.165) is 25.5 Å². The van der Waals surface area contributed by atoms with E-state index in [1.165, 1.54) is 13.2 Å². The Morgan fingerprint density at radius 3 is 3.11 bits per heavy atom. The highest BCUT2D eigenvalue weighted by atomic mass is 19.1. The standard InChI is InChI=1S/C13H14FN3O/c1-18-11-4-2-3-9(14)13(11)10-8-17-6-5-15-7-12(17)16-10/h2-4,8,15H,5-7H2,1H3. The van der Waals surface area contributed by atoms with Crippen molar-refractivity contribution >= 4 is 0 Å². The van der Waals surface area contributed by atoms with Crippen LogP contribution in [0.4, 0.5) is 4.39 Å². The molecule has 0 radical (unpaired) electrons. The monoisotopic (exact) mass is 247 g/mol. The molecule has 18 heavy (non-hydrogen) atoms. The van der Waals surface area contributed by atoms with E-state index < -0.39 is 0 Å². The number of nitrogens with zero attached hydrogens (tertiary/aromatic N) is 2. The van der Waals surface area contributed by atoms with Crippen molar-refractivity contribution in [2.75, 3.05) is 13.7 Å². The van der Waals surface area contributed by atoms with Crippen LogP contribution in [0, 0.1) is 5.82 Å². The Bertz CT molecular complexity index is 556. The SMILES string of the molecule is COc1cccc(F)c1-c1cn2c(n1)CNCC2. The Labute approximate surface area is 104 Å². The second-order valence-corrected chi connectivity index (χ2v) is 4.23. The van der Waals surface area contributed by atoms with Gasteiger partial charge >= 0.3 is 0 Å². The lowest BCUT2D eigenvalue weighted by Gasteiger charge is -2.13. The lowest BCUT2D eigenvalue weighted by atomic mass is 10.1. The zero-order valence-corrected chi connectivity index (χ0v) is 10.1. The summed E-state index contributed by atoms with van der Waals surface area (Å²) in [6.45, 7) is 2.49. The third kappa shape index (κ3) is 1.76. The van der Waals surface area contributed by atoms with Gasteiger partial charge in [-0.05, 0) is 12.1 Å². The summed E-state index contributed by atoms with van der Waals surface area (Å²) in [5.41, 5.74) is 1.06. The number of rotatable bonds is 2. The average molecular weight is 247 g/mol. The Morgan fingerprint density at radius 2 is 2.33 bits per heavy atom. The molecule has 3 rings (SSSR count). The number of ether oxygens (including phenoxy) is 1. The van der Waals surface area contributed by atoms with Gasteiger partial charge in [-0.15, -0.1) is 0 Å². The largest absolute Gasteiger partial charge is 0.496 e. The van der Waals surface area contributed by atoms with Gasteiger partial charge in [0.1, 0.15) is 17.4 Å². The number of benzene rings is 1. The number of hydrogen-bond donors (Lipinski definition) is 1. The van der Waals surface area contributed by atoms with E-state index in [2.05, 4.69) is 14.9 Å². The lowest BCUT2D eigenvalue weighted by molar-refractivity contribution is 0.413. The molecule has 0 bridgehead atoms. The van der Waals surface area contributed by atoms with E-state index >= 15 is 0 Å². The van der Waals surface area contributed by atoms with Crippen LogP contribution >= 0.6 is 0 Å². The maximum absolute atomic E-state index is 13.9. The van der Waals surface area contributed by atoms with Gasteiger partial charge in [0.05, 0.1) is 24.9 Å². The van der Waals surface area contributed by atoms with Gasteiger partial charge in [0, 0.05) is 19.3 Å². The maximum Gasteiger partial charge on any atom is 0.136 e. The van der Waals surface area contributed by atoms with Gasteiger partial charge in [-0.2, -0.15) is 0 Å². The van der Waals surface area contributed by atoms with Gasteiger partial charge in [0.2, 0.25) is 0 Å². The first-order chi connectivity index (χ1) is 8.79. The molecule has 0 amide bonds. The van der Waals surface area contributed by atoms with Crippen LogP contribution in [0.5, 0.6) is 5.75 Å². The number of methoxy groups -OCH3 is 1. The van der Waals surface area contributed by atoms with Gasteiger partial charge in [0.25, 0.3) is 0 Å². The van der Waals surface area contributed by atoms with E-state index in [0.29, 0.717) is 17.0 Å². The van der Waals surface area contributed by atoms with Crippen molar-refractivity contribution in [2.45, 2.75) is 13.1 Å². The fourth-order valence-corrected chi connectivity index (χ4v) is 2.23. The lowest BCUT2D eigenvalue weighted by Crippen LogP contribution is -2.27. The van der Waals surface area contributed by atoms with Crippen molar-refractivity contribution in [1.29, 1.82) is 0 Å². The minimum absolute atomic E-state index is 0.308. The molecular weight excluding hydrogens is 233 g/mol. The van der Waals surface area contributed by atoms with E-state index in [1.54, 1.807) is 12.1 Å². The highest BCUT2D eigenvalue weighted by Crippen LogP contribution is 2.32. The van der Waals surface area contributed by atoms with Gasteiger partial charge in [0.15, 0.2) is 0 Å². The fourth-order valence-electron chi connectivity index (χ4n) is 2.23. The average Bonchev–Trinajstić information content (AvgIpc) is 2.81. The summed E-state index contributed by atoms with van der Waals surface area (Å²) in [5, 5.41) is 3.24. The third-order valence-corrected chi connectivity index (χ3v) is 3.12. The molecule has 0 spiro atoms. The van der Waals surface area contributed by atoms with Crippen LogP contribution in [-0.4, -0.2) is 23.2 Å². The van der Waals surface area contributed by atoms with Crippen molar-refractivity contribution in [1.82, 2.24) is 14.9 Å². The van der Waals surface area contributed by atoms with E-state index in [-0.39, 0.29) is 5.82 Å². The van der Waals surface area contributed by atoms with E-state index in [1.807, 2.05) is 6.20 Å². The fraction of sp³-hybridized carbons (Fsp3) is 0.308. The van der Waals surface area contributed by atoms with Crippen LogP contribution < -0.4 is 10.1 Å². The summed E-state index contributed by atoms with van der Waals surface area (Å²) in [6.07, 6.45) is 1.89. The van der Waals surface area contributed by atoms with Crippen molar-refractivity contribution in [2.24, 2.45) is 0 Å². The topological polar surface area (TPSA) is 39.1 Å². The van der Waals surface area contributed by atoms with Crippen molar-refractivity contribution < 1.29 is 9.13 Å². The number of halogens is 1. The van der Waals surface area contributed by atoms with Crippen LogP contribution in [0.2, 0.25) is 0 Å². The second-order valence-electron chi connectivity index (χ2n) is 4.23. The molecule has 0 aliphatic carbocycles. The summed E-state index contributed by atoms with van der Waals surface area (Å²) < 4.78 is 21.2. The molecule has 1 N–H and O–H groups in total. The minimum Gasteiger partial charge on any atom is -0.496 e. The highest BCUT2D eigenvalue weighted by Gasteiger charge is 2.18. The van der Waals surface area contributed by atoms with Gasteiger partial charge in [-0.25, -0.2) is 9.37 Å². The first kappa shape index (κ1) is 11.2. The summed E-state index contributed by atoms with van der Waals surface area (Å²) in [5.74, 6) is 1.14. The molecule has 0 saturated heterocycles. The molecule has 4 nitrogen and oxygen atoms in total. The number of nitrogens with one attached hydrogen (secondary N) is 1. The molecule has 2 aromatic rings. The molecule has 1 aliphatic heterocycles. The Balaban J connectivity index is 2.12. The summed E-state index contributed by atoms with van der Waals surface area (Å²) in [6, 6.07) is 4.80. The number of hydrogen-bond acceptors (Lipinski definition) is 3. The molecule has 0 fully saturated rings. The first-order valence-electron chi connectivity index (χ1n) is 5.89. The smallest absolute Gasteiger partial charge is 0.136 e. The first-order valence-corrected chi connectivity index (χ1v) is 5.89. The molecule has 0 unspecified atom stereocenters. The zero-order valence-electron chi connectivity index (χ0n) is 10.1. The molecule has 1 aromatic heterocycles. The second kappa shape index (κ2) is 4.42. The Hall–Kier alpha value is -1.88. The van der Waals surface area contributed by atoms with Crippen LogP contribution in [0.15, 0.2) is 24.4 Å². The predicted octanol–water partition coefficient (Wildman–Crippen LogP) is 1.80. The van der Waals surface area contributed by atoms with Crippen molar-refractivity contribution in [3.05, 3.63) is 36.0 Å². The number of fused-ring (bicyclic) bond motifs is 1. The third-order valence-electron chi connectivity index (χ3n) is 3.12. The number of imidazole rings is 1. The van der Waals surface area contributed by atoms with Crippen LogP contribution in [-0.2, 0) is 13.1 Å². The summed E-state index contributed by atoms with van der Waals surface area (Å²) >= 11 is 0. The summed E-state index contributed by atoms with van der Waals surface area (Å²) in [7, 11) is 1.54. The van der Waals surface area contributed by atoms with Gasteiger partial charge < -0.3 is 14.6 Å². The van der Waals surface area contributed by atoms with Gasteiger partial charge in [-0.3, -0.25) is 0 Å². The van der Waals surface area contributed by atoms with Crippen LogP contribution in [0.3, 0.4) is 0 Å². The quantitative estimate of drug-likeness (QED) is 0.879. The Kier molecular flexibility index (Phi) is 2.76. The molecule has 5 heteroatoms. The molecular formula is C13H14FN3O.